The Kier molecular flexibility index (Phi) is 4.31. The predicted molar refractivity (Wildman–Crippen MR) is 78.5 cm³/mol. The number of hydrogen-bond donors (Lipinski definition) is 1. The summed E-state index contributed by atoms with van der Waals surface area (Å²) in [5, 5.41) is 11.2. The third kappa shape index (κ3) is 2.92. The highest BCUT2D eigenvalue weighted by atomic mass is 32.2. The van der Waals surface area contributed by atoms with Crippen LogP contribution in [0.5, 0.6) is 0 Å². The molecule has 0 amide bonds. The monoisotopic (exact) mass is 313 g/mol. The van der Waals surface area contributed by atoms with Gasteiger partial charge in [-0.1, -0.05) is 6.07 Å². The Morgan fingerprint density at radius 1 is 1.29 bits per heavy atom. The van der Waals surface area contributed by atoms with Gasteiger partial charge >= 0.3 is 0 Å². The summed E-state index contributed by atoms with van der Waals surface area (Å²) in [5.41, 5.74) is 6.56. The van der Waals surface area contributed by atoms with Gasteiger partial charge in [0.25, 0.3) is 5.69 Å². The summed E-state index contributed by atoms with van der Waals surface area (Å²) in [6.45, 7) is 3.94. The van der Waals surface area contributed by atoms with Crippen LogP contribution in [0.4, 0.5) is 5.69 Å². The number of piperidine rings is 1. The zero-order valence-corrected chi connectivity index (χ0v) is 12.9. The van der Waals surface area contributed by atoms with Gasteiger partial charge in [-0.25, -0.2) is 8.42 Å². The summed E-state index contributed by atoms with van der Waals surface area (Å²) in [6.07, 6.45) is 1.13. The Balaban J connectivity index is 2.54. The summed E-state index contributed by atoms with van der Waals surface area (Å²) in [7, 11) is -3.88. The van der Waals surface area contributed by atoms with E-state index < -0.39 is 14.9 Å². The first kappa shape index (κ1) is 15.9. The van der Waals surface area contributed by atoms with Crippen molar-refractivity contribution in [1.29, 1.82) is 0 Å². The molecule has 1 aromatic rings. The number of rotatable bonds is 3. The molecule has 2 rings (SSSR count). The van der Waals surface area contributed by atoms with Crippen LogP contribution in [0.25, 0.3) is 0 Å². The van der Waals surface area contributed by atoms with E-state index >= 15 is 0 Å². The average Bonchev–Trinajstić information content (AvgIpc) is 2.41. The molecule has 7 nitrogen and oxygen atoms in total. The van der Waals surface area contributed by atoms with Gasteiger partial charge in [0, 0.05) is 25.2 Å². The van der Waals surface area contributed by atoms with Crippen LogP contribution in [0.2, 0.25) is 0 Å². The maximum atomic E-state index is 12.8. The van der Waals surface area contributed by atoms with Gasteiger partial charge in [0.05, 0.1) is 4.92 Å². The minimum Gasteiger partial charge on any atom is -0.328 e. The number of nitro benzene ring substituents is 1. The van der Waals surface area contributed by atoms with Gasteiger partial charge < -0.3 is 5.73 Å². The van der Waals surface area contributed by atoms with Crippen LogP contribution in [-0.2, 0) is 10.0 Å². The maximum Gasteiger partial charge on any atom is 0.289 e. The Morgan fingerprint density at radius 3 is 2.38 bits per heavy atom. The van der Waals surface area contributed by atoms with Crippen LogP contribution in [0.3, 0.4) is 0 Å². The fourth-order valence-corrected chi connectivity index (χ4v) is 4.39. The lowest BCUT2D eigenvalue weighted by Crippen LogP contribution is -2.43. The van der Waals surface area contributed by atoms with E-state index in [0.717, 1.165) is 0 Å². The van der Waals surface area contributed by atoms with Gasteiger partial charge in [0.2, 0.25) is 10.0 Å². The second-order valence-electron chi connectivity index (χ2n) is 5.35. The molecule has 1 fully saturated rings. The van der Waals surface area contributed by atoms with Gasteiger partial charge in [-0.2, -0.15) is 4.31 Å². The standard InChI is InChI=1S/C13H19N3O4S/c1-9-3-4-12(16(17)18)13(10(9)2)21(19,20)15-7-5-11(14)6-8-15/h3-4,11H,5-8,14H2,1-2H3. The van der Waals surface area contributed by atoms with Gasteiger partial charge in [-0.15, -0.1) is 0 Å². The normalized spacial score (nSPS) is 17.9. The molecular weight excluding hydrogens is 294 g/mol. The highest BCUT2D eigenvalue weighted by Gasteiger charge is 2.35. The average molecular weight is 313 g/mol. The SMILES string of the molecule is Cc1ccc([N+](=O)[O-])c(S(=O)(=O)N2CCC(N)CC2)c1C. The molecule has 21 heavy (non-hydrogen) atoms. The van der Waals surface area contributed by atoms with E-state index in [0.29, 0.717) is 37.1 Å². The van der Waals surface area contributed by atoms with E-state index in [-0.39, 0.29) is 16.6 Å². The summed E-state index contributed by atoms with van der Waals surface area (Å²) in [6, 6.07) is 2.81. The van der Waals surface area contributed by atoms with Crippen LogP contribution >= 0.6 is 0 Å². The Labute approximate surface area is 123 Å². The van der Waals surface area contributed by atoms with Crippen molar-refractivity contribution in [3.05, 3.63) is 33.4 Å². The zero-order valence-electron chi connectivity index (χ0n) is 12.1. The first-order chi connectivity index (χ1) is 9.75. The third-order valence-electron chi connectivity index (χ3n) is 3.95. The van der Waals surface area contributed by atoms with Crippen molar-refractivity contribution in [3.8, 4) is 0 Å². The van der Waals surface area contributed by atoms with E-state index in [1.807, 2.05) is 0 Å². The lowest BCUT2D eigenvalue weighted by Gasteiger charge is -2.29. The van der Waals surface area contributed by atoms with E-state index in [1.54, 1.807) is 19.9 Å². The number of hydrogen-bond acceptors (Lipinski definition) is 5. The molecule has 0 unspecified atom stereocenters. The van der Waals surface area contributed by atoms with Crippen molar-refractivity contribution in [3.63, 3.8) is 0 Å². The van der Waals surface area contributed by atoms with Gasteiger partial charge in [-0.05, 0) is 37.8 Å². The fraction of sp³-hybridized carbons (Fsp3) is 0.538. The van der Waals surface area contributed by atoms with Gasteiger partial charge in [0.1, 0.15) is 0 Å². The first-order valence-electron chi connectivity index (χ1n) is 6.75. The number of benzene rings is 1. The second-order valence-corrected chi connectivity index (χ2v) is 7.23. The first-order valence-corrected chi connectivity index (χ1v) is 8.19. The van der Waals surface area contributed by atoms with Crippen molar-refractivity contribution >= 4 is 15.7 Å². The zero-order chi connectivity index (χ0) is 15.8. The lowest BCUT2D eigenvalue weighted by atomic mass is 10.1. The van der Waals surface area contributed by atoms with E-state index in [9.17, 15) is 18.5 Å². The van der Waals surface area contributed by atoms with Crippen molar-refractivity contribution in [1.82, 2.24) is 4.31 Å². The molecule has 1 aromatic carbocycles. The molecule has 1 saturated heterocycles. The molecule has 8 heteroatoms. The minimum atomic E-state index is -3.88. The van der Waals surface area contributed by atoms with Crippen LogP contribution in [0, 0.1) is 24.0 Å². The topological polar surface area (TPSA) is 107 Å². The summed E-state index contributed by atoms with van der Waals surface area (Å²) < 4.78 is 26.8. The molecule has 1 heterocycles. The van der Waals surface area contributed by atoms with E-state index in [2.05, 4.69) is 0 Å². The van der Waals surface area contributed by atoms with Crippen LogP contribution in [-0.4, -0.2) is 36.8 Å². The van der Waals surface area contributed by atoms with E-state index in [1.165, 1.54) is 10.4 Å². The maximum absolute atomic E-state index is 12.8. The number of sulfonamides is 1. The highest BCUT2D eigenvalue weighted by molar-refractivity contribution is 7.89. The molecule has 0 radical (unpaired) electrons. The van der Waals surface area contributed by atoms with Crippen LogP contribution in [0.1, 0.15) is 24.0 Å². The molecule has 0 atom stereocenters. The molecule has 0 saturated carbocycles. The smallest absolute Gasteiger partial charge is 0.289 e. The number of nitrogens with zero attached hydrogens (tertiary/aromatic N) is 2. The molecule has 1 aliphatic rings. The van der Waals surface area contributed by atoms with Crippen LogP contribution in [0.15, 0.2) is 17.0 Å². The molecule has 1 aliphatic heterocycles. The molecule has 116 valence electrons. The third-order valence-corrected chi connectivity index (χ3v) is 6.03. The highest BCUT2D eigenvalue weighted by Crippen LogP contribution is 2.32. The second kappa shape index (κ2) is 5.70. The van der Waals surface area contributed by atoms with Crippen molar-refractivity contribution in [2.75, 3.05) is 13.1 Å². The Morgan fingerprint density at radius 2 is 1.86 bits per heavy atom. The van der Waals surface area contributed by atoms with Gasteiger partial charge in [0.15, 0.2) is 4.90 Å². The molecule has 0 bridgehead atoms. The largest absolute Gasteiger partial charge is 0.328 e. The van der Waals surface area contributed by atoms with Crippen molar-refractivity contribution in [2.45, 2.75) is 37.6 Å². The number of nitro groups is 1. The van der Waals surface area contributed by atoms with Gasteiger partial charge in [-0.3, -0.25) is 10.1 Å². The van der Waals surface area contributed by atoms with Crippen molar-refractivity contribution < 1.29 is 13.3 Å². The lowest BCUT2D eigenvalue weighted by molar-refractivity contribution is -0.388. The Hall–Kier alpha value is -1.51. The van der Waals surface area contributed by atoms with Crippen LogP contribution < -0.4 is 5.73 Å². The summed E-state index contributed by atoms with van der Waals surface area (Å²) >= 11 is 0. The quantitative estimate of drug-likeness (QED) is 0.669. The minimum absolute atomic E-state index is 0.00922. The summed E-state index contributed by atoms with van der Waals surface area (Å²) in [4.78, 5) is 10.3. The number of aryl methyl sites for hydroxylation is 1. The predicted octanol–water partition coefficient (Wildman–Crippen LogP) is 1.32. The number of nitrogens with two attached hydrogens (primary N) is 1. The Bertz CT molecular complexity index is 664. The molecular formula is C13H19N3O4S. The molecule has 0 aliphatic carbocycles. The fourth-order valence-electron chi connectivity index (χ4n) is 2.49. The molecule has 2 N–H and O–H groups in total. The molecule has 0 aromatic heterocycles. The molecule has 0 spiro atoms. The van der Waals surface area contributed by atoms with E-state index in [4.69, 9.17) is 5.73 Å². The summed E-state index contributed by atoms with van der Waals surface area (Å²) in [5.74, 6) is 0. The van der Waals surface area contributed by atoms with Crippen molar-refractivity contribution in [2.24, 2.45) is 5.73 Å².